The van der Waals surface area contributed by atoms with Gasteiger partial charge >= 0.3 is 5.97 Å². The molecule has 0 saturated heterocycles. The Balaban J connectivity index is 1.45. The Hall–Kier alpha value is -5.92. The summed E-state index contributed by atoms with van der Waals surface area (Å²) in [6.07, 6.45) is 1.79. The van der Waals surface area contributed by atoms with E-state index in [0.717, 1.165) is 16.7 Å². The van der Waals surface area contributed by atoms with E-state index < -0.39 is 12.0 Å². The van der Waals surface area contributed by atoms with Crippen LogP contribution in [0.15, 0.2) is 112 Å². The van der Waals surface area contributed by atoms with Crippen LogP contribution in [-0.2, 0) is 16.1 Å². The highest BCUT2D eigenvalue weighted by Gasteiger charge is 2.35. The SMILES string of the molecule is CCOC(=O)C1=C(c2ccccc2)N=c2s/c(=C\c3ccc(OCc4ccccc4C#N)cc3)c(=O)n2[C@@H]1c1ccc(OC)c(OC)c1. The van der Waals surface area contributed by atoms with Gasteiger partial charge in [-0.25, -0.2) is 9.79 Å². The zero-order chi connectivity index (χ0) is 33.6. The van der Waals surface area contributed by atoms with E-state index in [1.807, 2.05) is 78.9 Å². The van der Waals surface area contributed by atoms with Gasteiger partial charge in [-0.3, -0.25) is 9.36 Å². The third kappa shape index (κ3) is 6.36. The monoisotopic (exact) mass is 657 g/mol. The van der Waals surface area contributed by atoms with Crippen molar-refractivity contribution in [3.8, 4) is 23.3 Å². The van der Waals surface area contributed by atoms with Crippen molar-refractivity contribution >= 4 is 29.1 Å². The molecule has 0 aliphatic carbocycles. The molecular formula is C38H31N3O6S. The Morgan fingerprint density at radius 2 is 1.69 bits per heavy atom. The van der Waals surface area contributed by atoms with Crippen LogP contribution in [0.3, 0.4) is 0 Å². The van der Waals surface area contributed by atoms with E-state index in [9.17, 15) is 14.9 Å². The van der Waals surface area contributed by atoms with Gasteiger partial charge in [-0.1, -0.05) is 78.1 Å². The number of esters is 1. The van der Waals surface area contributed by atoms with Crippen molar-refractivity contribution in [2.45, 2.75) is 19.6 Å². The normalized spacial score (nSPS) is 14.0. The second-order valence-electron chi connectivity index (χ2n) is 10.7. The van der Waals surface area contributed by atoms with Crippen LogP contribution < -0.4 is 29.1 Å². The molecule has 5 aromatic rings. The maximum Gasteiger partial charge on any atom is 0.338 e. The van der Waals surface area contributed by atoms with Crippen molar-refractivity contribution in [3.05, 3.63) is 150 Å². The van der Waals surface area contributed by atoms with Crippen molar-refractivity contribution in [1.82, 2.24) is 4.57 Å². The number of fused-ring (bicyclic) bond motifs is 1. The van der Waals surface area contributed by atoms with E-state index in [-0.39, 0.29) is 24.3 Å². The summed E-state index contributed by atoms with van der Waals surface area (Å²) in [6.45, 7) is 2.14. The Morgan fingerprint density at radius 3 is 2.40 bits per heavy atom. The molecule has 48 heavy (non-hydrogen) atoms. The number of hydrogen-bond donors (Lipinski definition) is 0. The van der Waals surface area contributed by atoms with Gasteiger partial charge in [0.2, 0.25) is 0 Å². The zero-order valence-corrected chi connectivity index (χ0v) is 27.3. The Bertz CT molecular complexity index is 2230. The number of methoxy groups -OCH3 is 2. The summed E-state index contributed by atoms with van der Waals surface area (Å²) >= 11 is 1.24. The van der Waals surface area contributed by atoms with Crippen LogP contribution in [-0.4, -0.2) is 31.4 Å². The Morgan fingerprint density at radius 1 is 0.958 bits per heavy atom. The summed E-state index contributed by atoms with van der Waals surface area (Å²) in [5.41, 5.74) is 3.86. The third-order valence-electron chi connectivity index (χ3n) is 7.81. The molecule has 0 bridgehead atoms. The van der Waals surface area contributed by atoms with Gasteiger partial charge in [-0.15, -0.1) is 0 Å². The number of carbonyl (C=O) groups is 1. The number of thiazole rings is 1. The maximum absolute atomic E-state index is 14.2. The first-order valence-electron chi connectivity index (χ1n) is 15.2. The summed E-state index contributed by atoms with van der Waals surface area (Å²) in [5, 5.41) is 9.36. The second kappa shape index (κ2) is 14.2. The summed E-state index contributed by atoms with van der Waals surface area (Å²) in [6, 6.07) is 30.7. The van der Waals surface area contributed by atoms with Crippen molar-refractivity contribution in [1.29, 1.82) is 5.26 Å². The lowest BCUT2D eigenvalue weighted by molar-refractivity contribution is -0.138. The lowest BCUT2D eigenvalue weighted by Gasteiger charge is -2.26. The van der Waals surface area contributed by atoms with E-state index >= 15 is 0 Å². The predicted molar refractivity (Wildman–Crippen MR) is 183 cm³/mol. The van der Waals surface area contributed by atoms with Crippen LogP contribution in [0.4, 0.5) is 0 Å². The van der Waals surface area contributed by atoms with Crippen LogP contribution in [0.1, 0.15) is 40.8 Å². The number of rotatable bonds is 10. The first-order chi connectivity index (χ1) is 23.4. The molecule has 1 aliphatic rings. The fourth-order valence-corrected chi connectivity index (χ4v) is 6.51. The predicted octanol–water partition coefficient (Wildman–Crippen LogP) is 5.40. The van der Waals surface area contributed by atoms with E-state index in [0.29, 0.717) is 43.4 Å². The van der Waals surface area contributed by atoms with Crippen molar-refractivity contribution in [2.24, 2.45) is 4.99 Å². The molecular weight excluding hydrogens is 627 g/mol. The molecule has 0 unspecified atom stereocenters. The second-order valence-corrected chi connectivity index (χ2v) is 11.7. The number of hydrogen-bond acceptors (Lipinski definition) is 9. The minimum atomic E-state index is -0.857. The largest absolute Gasteiger partial charge is 0.493 e. The zero-order valence-electron chi connectivity index (χ0n) is 26.5. The first-order valence-corrected chi connectivity index (χ1v) is 16.0. The first kappa shape index (κ1) is 32.0. The van der Waals surface area contributed by atoms with Gasteiger partial charge in [0.15, 0.2) is 16.3 Å². The van der Waals surface area contributed by atoms with Gasteiger partial charge in [0.05, 0.1) is 54.3 Å². The molecule has 1 atom stereocenters. The molecule has 2 heterocycles. The highest BCUT2D eigenvalue weighted by Crippen LogP contribution is 2.38. The van der Waals surface area contributed by atoms with Gasteiger partial charge in [0, 0.05) is 11.1 Å². The summed E-state index contributed by atoms with van der Waals surface area (Å²) in [4.78, 5) is 33.3. The summed E-state index contributed by atoms with van der Waals surface area (Å²) in [7, 11) is 3.08. The minimum absolute atomic E-state index is 0.151. The Labute approximate surface area is 280 Å². The number of benzene rings is 4. The quantitative estimate of drug-likeness (QED) is 0.185. The van der Waals surface area contributed by atoms with E-state index in [1.165, 1.54) is 18.4 Å². The third-order valence-corrected chi connectivity index (χ3v) is 8.79. The fraction of sp³-hybridized carbons (Fsp3) is 0.158. The van der Waals surface area contributed by atoms with Crippen molar-refractivity contribution in [2.75, 3.05) is 20.8 Å². The molecule has 1 aromatic heterocycles. The number of nitrogens with zero attached hydrogens (tertiary/aromatic N) is 3. The summed E-state index contributed by atoms with van der Waals surface area (Å²) in [5.74, 6) is 1.03. The fourth-order valence-electron chi connectivity index (χ4n) is 5.51. The van der Waals surface area contributed by atoms with Crippen LogP contribution >= 0.6 is 11.3 Å². The Kier molecular flexibility index (Phi) is 9.50. The van der Waals surface area contributed by atoms with Gasteiger partial charge in [0.1, 0.15) is 12.4 Å². The lowest BCUT2D eigenvalue weighted by atomic mass is 9.93. The molecule has 4 aromatic carbocycles. The molecule has 0 spiro atoms. The van der Waals surface area contributed by atoms with Crippen LogP contribution in [0.2, 0.25) is 0 Å². The van der Waals surface area contributed by atoms with Gasteiger partial charge < -0.3 is 18.9 Å². The number of carbonyl (C=O) groups excluding carboxylic acids is 1. The van der Waals surface area contributed by atoms with Gasteiger partial charge in [-0.05, 0) is 54.5 Å². The number of aromatic nitrogens is 1. The molecule has 0 radical (unpaired) electrons. The van der Waals surface area contributed by atoms with E-state index in [1.54, 1.807) is 42.9 Å². The molecule has 6 rings (SSSR count). The summed E-state index contributed by atoms with van der Waals surface area (Å²) < 4.78 is 24.5. The number of ether oxygens (including phenoxy) is 4. The molecule has 240 valence electrons. The van der Waals surface area contributed by atoms with Crippen LogP contribution in [0.25, 0.3) is 11.8 Å². The van der Waals surface area contributed by atoms with Crippen LogP contribution in [0.5, 0.6) is 17.2 Å². The molecule has 1 aliphatic heterocycles. The highest BCUT2D eigenvalue weighted by molar-refractivity contribution is 7.07. The van der Waals surface area contributed by atoms with Gasteiger partial charge in [-0.2, -0.15) is 5.26 Å². The lowest BCUT2D eigenvalue weighted by Crippen LogP contribution is -2.40. The standard InChI is InChI=1S/C38H31N3O6S/c1-4-46-37(43)33-34(25-10-6-5-7-11-25)40-38-41(35(33)26-16-19-30(44-2)31(21-26)45-3)36(42)32(48-38)20-24-14-17-29(18-15-24)47-23-28-13-9-8-12-27(28)22-39/h5-21,35H,4,23H2,1-3H3/b32-20-/t35-/m1/s1. The van der Waals surface area contributed by atoms with E-state index in [2.05, 4.69) is 6.07 Å². The maximum atomic E-state index is 14.2. The van der Waals surface area contributed by atoms with Crippen molar-refractivity contribution < 1.29 is 23.7 Å². The minimum Gasteiger partial charge on any atom is -0.493 e. The van der Waals surface area contributed by atoms with Crippen molar-refractivity contribution in [3.63, 3.8) is 0 Å². The molecule has 0 N–H and O–H groups in total. The molecule has 9 nitrogen and oxygen atoms in total. The smallest absolute Gasteiger partial charge is 0.338 e. The average Bonchev–Trinajstić information content (AvgIpc) is 3.44. The molecule has 0 amide bonds. The molecule has 0 saturated carbocycles. The van der Waals surface area contributed by atoms with Crippen LogP contribution in [0, 0.1) is 11.3 Å². The van der Waals surface area contributed by atoms with Gasteiger partial charge in [0.25, 0.3) is 5.56 Å². The molecule has 0 fully saturated rings. The topological polar surface area (TPSA) is 112 Å². The highest BCUT2D eigenvalue weighted by atomic mass is 32.1. The molecule has 10 heteroatoms. The number of nitriles is 1. The average molecular weight is 658 g/mol. The van der Waals surface area contributed by atoms with E-state index in [4.69, 9.17) is 23.9 Å².